The Balaban J connectivity index is 2.66. The molecule has 78 valence electrons. The molecule has 1 amide bonds. The molecule has 1 atom stereocenters. The van der Waals surface area contributed by atoms with Crippen LogP contribution in [0.3, 0.4) is 0 Å². The summed E-state index contributed by atoms with van der Waals surface area (Å²) in [7, 11) is 0. The second-order valence-corrected chi connectivity index (χ2v) is 5.73. The second kappa shape index (κ2) is 4.35. The van der Waals surface area contributed by atoms with Crippen molar-refractivity contribution in [2.75, 3.05) is 0 Å². The van der Waals surface area contributed by atoms with E-state index in [1.807, 2.05) is 20.8 Å². The summed E-state index contributed by atoms with van der Waals surface area (Å²) < 4.78 is 3.64. The minimum Gasteiger partial charge on any atom is -0.345 e. The van der Waals surface area contributed by atoms with Crippen LogP contribution in [0.15, 0.2) is 6.20 Å². The Bertz CT molecular complexity index is 310. The van der Waals surface area contributed by atoms with Gasteiger partial charge in [0.2, 0.25) is 0 Å². The Morgan fingerprint density at radius 3 is 2.79 bits per heavy atom. The first-order valence-electron chi connectivity index (χ1n) is 4.17. The van der Waals surface area contributed by atoms with E-state index in [9.17, 15) is 4.79 Å². The second-order valence-electron chi connectivity index (χ2n) is 3.57. The topological polar surface area (TPSA) is 54.9 Å². The third kappa shape index (κ3) is 2.75. The number of nitrogens with one attached hydrogen (secondary N) is 1. The molecule has 1 unspecified atom stereocenters. The van der Waals surface area contributed by atoms with Gasteiger partial charge < -0.3 is 5.32 Å². The van der Waals surface area contributed by atoms with Crippen LogP contribution < -0.4 is 5.32 Å². The summed E-state index contributed by atoms with van der Waals surface area (Å²) in [5.74, 6) is -0.128. The first-order valence-corrected chi connectivity index (χ1v) is 5.86. The molecule has 14 heavy (non-hydrogen) atoms. The number of aromatic nitrogens is 2. The van der Waals surface area contributed by atoms with E-state index in [1.165, 1.54) is 6.20 Å². The number of nitrogens with zero attached hydrogens (tertiary/aromatic N) is 2. The van der Waals surface area contributed by atoms with Gasteiger partial charge in [-0.1, -0.05) is 27.3 Å². The van der Waals surface area contributed by atoms with Crippen molar-refractivity contribution in [1.29, 1.82) is 0 Å². The van der Waals surface area contributed by atoms with E-state index in [1.54, 1.807) is 0 Å². The predicted octanol–water partition coefficient (Wildman–Crippen LogP) is 1.83. The van der Waals surface area contributed by atoms with Gasteiger partial charge >= 0.3 is 0 Å². The van der Waals surface area contributed by atoms with Gasteiger partial charge in [0.25, 0.3) is 5.91 Å². The van der Waals surface area contributed by atoms with Crippen LogP contribution in [0.5, 0.6) is 0 Å². The summed E-state index contributed by atoms with van der Waals surface area (Å²) in [6.07, 6.45) is 1.47. The molecule has 1 N–H and O–H groups in total. The number of carbonyl (C=O) groups excluding carboxylic acids is 1. The van der Waals surface area contributed by atoms with Gasteiger partial charge in [0.05, 0.1) is 6.20 Å². The minimum atomic E-state index is -0.291. The predicted molar refractivity (Wildman–Crippen MR) is 59.8 cm³/mol. The van der Waals surface area contributed by atoms with Crippen molar-refractivity contribution in [2.24, 2.45) is 0 Å². The largest absolute Gasteiger partial charge is 0.345 e. The van der Waals surface area contributed by atoms with Crippen molar-refractivity contribution < 1.29 is 4.79 Å². The summed E-state index contributed by atoms with van der Waals surface area (Å²) >= 11 is 4.54. The van der Waals surface area contributed by atoms with E-state index in [0.717, 1.165) is 11.5 Å². The van der Waals surface area contributed by atoms with Gasteiger partial charge in [-0.25, -0.2) is 0 Å². The number of hydrogen-bond donors (Lipinski definition) is 1. The number of rotatable bonds is 3. The average Bonchev–Trinajstić information content (AvgIpc) is 2.54. The van der Waals surface area contributed by atoms with E-state index in [4.69, 9.17) is 0 Å². The molecule has 6 heteroatoms. The van der Waals surface area contributed by atoms with Crippen molar-refractivity contribution >= 4 is 33.4 Å². The van der Waals surface area contributed by atoms with Crippen LogP contribution in [-0.4, -0.2) is 25.9 Å². The summed E-state index contributed by atoms with van der Waals surface area (Å²) in [6.45, 7) is 5.91. The Morgan fingerprint density at radius 2 is 2.36 bits per heavy atom. The maximum atomic E-state index is 11.6. The molecule has 1 aromatic rings. The summed E-state index contributed by atoms with van der Waals surface area (Å²) in [4.78, 5) is 12.4. The quantitative estimate of drug-likeness (QED) is 0.858. The van der Waals surface area contributed by atoms with Crippen molar-refractivity contribution in [3.63, 3.8) is 0 Å². The normalized spacial score (nSPS) is 13.7. The Morgan fingerprint density at radius 1 is 1.71 bits per heavy atom. The zero-order valence-corrected chi connectivity index (χ0v) is 10.6. The first kappa shape index (κ1) is 11.6. The lowest BCUT2D eigenvalue weighted by atomic mass is 10.0. The van der Waals surface area contributed by atoms with Crippen LogP contribution in [0.4, 0.5) is 0 Å². The van der Waals surface area contributed by atoms with Gasteiger partial charge in [-0.3, -0.25) is 4.79 Å². The third-order valence-corrected chi connectivity index (χ3v) is 3.82. The zero-order valence-electron chi connectivity index (χ0n) is 8.24. The molecule has 1 aromatic heterocycles. The number of carbonyl (C=O) groups is 1. The van der Waals surface area contributed by atoms with Crippen LogP contribution in [-0.2, 0) is 0 Å². The highest BCUT2D eigenvalue weighted by Gasteiger charge is 2.26. The Kier molecular flexibility index (Phi) is 3.60. The lowest BCUT2D eigenvalue weighted by molar-refractivity contribution is 0.0918. The van der Waals surface area contributed by atoms with Crippen LogP contribution in [0.2, 0.25) is 0 Å². The third-order valence-electron chi connectivity index (χ3n) is 2.02. The fourth-order valence-electron chi connectivity index (χ4n) is 0.721. The van der Waals surface area contributed by atoms with E-state index < -0.39 is 0 Å². The Hall–Kier alpha value is -0.490. The molecule has 0 aliphatic rings. The van der Waals surface area contributed by atoms with Crippen molar-refractivity contribution in [3.8, 4) is 0 Å². The van der Waals surface area contributed by atoms with Crippen molar-refractivity contribution in [2.45, 2.75) is 31.1 Å². The smallest absolute Gasteiger partial charge is 0.265 e. The molecule has 0 aliphatic heterocycles. The first-order chi connectivity index (χ1) is 6.43. The summed E-state index contributed by atoms with van der Waals surface area (Å²) in [6, 6.07) is 0. The molecule has 0 saturated carbocycles. The number of amides is 1. The SMILES string of the molecule is CC(Br)C(C)(C)NC(=O)c1cnns1. The maximum absolute atomic E-state index is 11.6. The molecular formula is C8H12BrN3OS. The molecule has 0 saturated heterocycles. The number of halogens is 1. The van der Waals surface area contributed by atoms with E-state index >= 15 is 0 Å². The lowest BCUT2D eigenvalue weighted by Gasteiger charge is -2.28. The van der Waals surface area contributed by atoms with Crippen LogP contribution in [0.25, 0.3) is 0 Å². The van der Waals surface area contributed by atoms with Crippen molar-refractivity contribution in [3.05, 3.63) is 11.1 Å². The summed E-state index contributed by atoms with van der Waals surface area (Å²) in [5.41, 5.74) is -0.291. The van der Waals surface area contributed by atoms with Crippen LogP contribution >= 0.6 is 27.5 Å². The van der Waals surface area contributed by atoms with Crippen LogP contribution in [0, 0.1) is 0 Å². The molecule has 0 bridgehead atoms. The molecule has 1 heterocycles. The molecule has 1 rings (SSSR count). The average molecular weight is 278 g/mol. The van der Waals surface area contributed by atoms with Gasteiger partial charge in [-0.2, -0.15) is 0 Å². The van der Waals surface area contributed by atoms with Gasteiger partial charge in [-0.15, -0.1) is 5.10 Å². The monoisotopic (exact) mass is 277 g/mol. The number of hydrogen-bond acceptors (Lipinski definition) is 4. The Labute approximate surface area is 95.4 Å². The highest BCUT2D eigenvalue weighted by molar-refractivity contribution is 9.09. The number of alkyl halides is 1. The molecule has 0 aliphatic carbocycles. The highest BCUT2D eigenvalue weighted by Crippen LogP contribution is 2.17. The maximum Gasteiger partial charge on any atom is 0.265 e. The molecular weight excluding hydrogens is 266 g/mol. The van der Waals surface area contributed by atoms with Gasteiger partial charge in [0, 0.05) is 10.4 Å². The van der Waals surface area contributed by atoms with Gasteiger partial charge in [0.15, 0.2) is 0 Å². The van der Waals surface area contributed by atoms with Crippen LogP contribution in [0.1, 0.15) is 30.4 Å². The minimum absolute atomic E-state index is 0.128. The van der Waals surface area contributed by atoms with E-state index in [2.05, 4.69) is 30.8 Å². The molecule has 0 radical (unpaired) electrons. The fraction of sp³-hybridized carbons (Fsp3) is 0.625. The lowest BCUT2D eigenvalue weighted by Crippen LogP contribution is -2.48. The molecule has 0 aromatic carbocycles. The van der Waals surface area contributed by atoms with E-state index in [-0.39, 0.29) is 16.3 Å². The molecule has 0 spiro atoms. The molecule has 4 nitrogen and oxygen atoms in total. The van der Waals surface area contributed by atoms with E-state index in [0.29, 0.717) is 4.88 Å². The summed E-state index contributed by atoms with van der Waals surface area (Å²) in [5, 5.41) is 6.52. The van der Waals surface area contributed by atoms with Gasteiger partial charge in [0.1, 0.15) is 4.88 Å². The highest BCUT2D eigenvalue weighted by atomic mass is 79.9. The van der Waals surface area contributed by atoms with Crippen molar-refractivity contribution in [1.82, 2.24) is 14.9 Å². The fourth-order valence-corrected chi connectivity index (χ4v) is 1.25. The van der Waals surface area contributed by atoms with Gasteiger partial charge in [-0.05, 0) is 25.4 Å². The standard InChI is InChI=1S/C8H12BrN3OS/c1-5(9)8(2,3)11-7(13)6-4-10-12-14-6/h4-5H,1-3H3,(H,11,13). The zero-order chi connectivity index (χ0) is 10.8. The molecule has 0 fully saturated rings.